The number of carboxylic acids is 1. The molecule has 0 aromatic heterocycles. The Balaban J connectivity index is 2.98. The molecule has 9 nitrogen and oxygen atoms in total. The molecule has 0 unspecified atom stereocenters. The molecule has 0 heterocycles. The summed E-state index contributed by atoms with van der Waals surface area (Å²) in [4.78, 5) is 49.9. The summed E-state index contributed by atoms with van der Waals surface area (Å²) >= 11 is 0. The first-order valence-electron chi connectivity index (χ1n) is 13.3. The van der Waals surface area contributed by atoms with E-state index in [1.807, 2.05) is 51.1 Å². The van der Waals surface area contributed by atoms with Crippen molar-refractivity contribution in [1.29, 1.82) is 0 Å². The van der Waals surface area contributed by atoms with Crippen LogP contribution in [0.1, 0.15) is 78.7 Å². The van der Waals surface area contributed by atoms with Crippen LogP contribution in [-0.2, 0) is 30.3 Å². The lowest BCUT2D eigenvalue weighted by Crippen LogP contribution is -2.51. The Hall–Kier alpha value is -2.94. The number of ether oxygens (including phenoxy) is 1. The number of aryl methyl sites for hydroxylation is 1. The molecule has 0 aliphatic carbocycles. The van der Waals surface area contributed by atoms with Crippen molar-refractivity contribution in [3.05, 3.63) is 35.9 Å². The lowest BCUT2D eigenvalue weighted by atomic mass is 9.94. The number of hydrogen-bond acceptors (Lipinski definition) is 6. The molecule has 9 heteroatoms. The Morgan fingerprint density at radius 1 is 0.973 bits per heavy atom. The number of nitrogens with two attached hydrogens (primary N) is 1. The Morgan fingerprint density at radius 3 is 2.19 bits per heavy atom. The van der Waals surface area contributed by atoms with E-state index >= 15 is 0 Å². The number of esters is 1. The fraction of sp³-hybridized carbons (Fsp3) is 0.643. The number of benzene rings is 1. The van der Waals surface area contributed by atoms with E-state index in [2.05, 4.69) is 17.6 Å². The molecule has 0 saturated heterocycles. The highest BCUT2D eigenvalue weighted by Crippen LogP contribution is 2.20. The molecule has 0 aliphatic rings. The molecule has 1 aromatic rings. The van der Waals surface area contributed by atoms with Gasteiger partial charge in [0.2, 0.25) is 11.8 Å². The summed E-state index contributed by atoms with van der Waals surface area (Å²) in [6.45, 7) is 9.18. The summed E-state index contributed by atoms with van der Waals surface area (Å²) < 4.78 is 5.73. The minimum Gasteiger partial charge on any atom is -0.480 e. The molecule has 1 aromatic carbocycles. The van der Waals surface area contributed by atoms with E-state index in [1.54, 1.807) is 0 Å². The van der Waals surface area contributed by atoms with Crippen molar-refractivity contribution >= 4 is 23.8 Å². The second-order valence-corrected chi connectivity index (χ2v) is 9.92. The second kappa shape index (κ2) is 16.7. The Labute approximate surface area is 220 Å². The predicted molar refractivity (Wildman–Crippen MR) is 143 cm³/mol. The molecule has 37 heavy (non-hydrogen) atoms. The maximum atomic E-state index is 13.1. The highest BCUT2D eigenvalue weighted by Gasteiger charge is 2.31. The maximum absolute atomic E-state index is 13.1. The number of rotatable bonds is 17. The summed E-state index contributed by atoms with van der Waals surface area (Å²) in [5.41, 5.74) is 7.05. The van der Waals surface area contributed by atoms with Gasteiger partial charge in [0.25, 0.3) is 0 Å². The smallest absolute Gasteiger partial charge is 0.325 e. The highest BCUT2D eigenvalue weighted by molar-refractivity contribution is 5.90. The minimum atomic E-state index is -1.17. The van der Waals surface area contributed by atoms with E-state index in [4.69, 9.17) is 10.5 Å². The summed E-state index contributed by atoms with van der Waals surface area (Å²) in [5.74, 6) is -2.88. The largest absolute Gasteiger partial charge is 0.480 e. The topological polar surface area (TPSA) is 148 Å². The standard InChI is InChI=1S/C28H45N3O6/c1-6-8-12-19(4)23(37-28(36)25(29)18(3)7-2)17-24(32)31-22(26(33)30-20(5)27(34)35)16-15-21-13-10-9-11-14-21/h9-11,13-14,18-20,22-23,25H,6-8,12,15-17,29H2,1-5H3,(H,30,33)(H,31,32)(H,34,35)/t18-,19-,20-,22-,23-,25+/m0/s1. The molecule has 2 amide bonds. The molecule has 0 aliphatic heterocycles. The fourth-order valence-electron chi connectivity index (χ4n) is 3.82. The quantitative estimate of drug-likeness (QED) is 0.231. The van der Waals surface area contributed by atoms with Crippen LogP contribution in [0.5, 0.6) is 0 Å². The molecule has 1 rings (SSSR count). The van der Waals surface area contributed by atoms with Gasteiger partial charge in [-0.2, -0.15) is 0 Å². The molecule has 0 saturated carbocycles. The van der Waals surface area contributed by atoms with Crippen LogP contribution in [0.3, 0.4) is 0 Å². The summed E-state index contributed by atoms with van der Waals surface area (Å²) in [6.07, 6.45) is 3.36. The highest BCUT2D eigenvalue weighted by atomic mass is 16.5. The second-order valence-electron chi connectivity index (χ2n) is 9.92. The molecular formula is C28H45N3O6. The zero-order valence-corrected chi connectivity index (χ0v) is 22.9. The van der Waals surface area contributed by atoms with Crippen LogP contribution in [-0.4, -0.2) is 53.1 Å². The SMILES string of the molecule is CCCC[C@H](C)[C@H](CC(=O)N[C@@H](CCc1ccccc1)C(=O)N[C@@H](C)C(=O)O)OC(=O)[C@H](N)[C@@H](C)CC. The first-order chi connectivity index (χ1) is 17.5. The van der Waals surface area contributed by atoms with Crippen molar-refractivity contribution in [2.75, 3.05) is 0 Å². The van der Waals surface area contributed by atoms with Crippen LogP contribution in [0.4, 0.5) is 0 Å². The van der Waals surface area contributed by atoms with Crippen LogP contribution in [0.15, 0.2) is 30.3 Å². The molecule has 0 spiro atoms. The van der Waals surface area contributed by atoms with Gasteiger partial charge in [-0.15, -0.1) is 0 Å². The van der Waals surface area contributed by atoms with Gasteiger partial charge in [-0.25, -0.2) is 0 Å². The van der Waals surface area contributed by atoms with Crippen molar-refractivity contribution in [3.63, 3.8) is 0 Å². The Bertz CT molecular complexity index is 863. The zero-order valence-electron chi connectivity index (χ0n) is 22.9. The number of unbranched alkanes of at least 4 members (excludes halogenated alkanes) is 1. The number of carboxylic acid groups (broad SMARTS) is 1. The first-order valence-corrected chi connectivity index (χ1v) is 13.3. The van der Waals surface area contributed by atoms with Gasteiger partial charge >= 0.3 is 11.9 Å². The Morgan fingerprint density at radius 2 is 1.62 bits per heavy atom. The van der Waals surface area contributed by atoms with Crippen molar-refractivity contribution in [2.45, 2.75) is 104 Å². The van der Waals surface area contributed by atoms with E-state index in [-0.39, 0.29) is 24.7 Å². The van der Waals surface area contributed by atoms with Gasteiger partial charge in [-0.3, -0.25) is 19.2 Å². The van der Waals surface area contributed by atoms with Gasteiger partial charge in [-0.05, 0) is 43.6 Å². The number of hydrogen-bond donors (Lipinski definition) is 4. The summed E-state index contributed by atoms with van der Waals surface area (Å²) in [6, 6.07) is 6.66. The monoisotopic (exact) mass is 519 g/mol. The van der Waals surface area contributed by atoms with Gasteiger partial charge in [0.05, 0.1) is 6.42 Å². The summed E-state index contributed by atoms with van der Waals surface area (Å²) in [7, 11) is 0. The lowest BCUT2D eigenvalue weighted by molar-refractivity contribution is -0.156. The molecule has 5 N–H and O–H groups in total. The van der Waals surface area contributed by atoms with E-state index in [0.717, 1.165) is 31.2 Å². The summed E-state index contributed by atoms with van der Waals surface area (Å²) in [5, 5.41) is 14.4. The molecule has 0 radical (unpaired) electrons. The number of amides is 2. The molecule has 0 fully saturated rings. The molecule has 6 atom stereocenters. The van der Waals surface area contributed by atoms with E-state index in [9.17, 15) is 24.3 Å². The van der Waals surface area contributed by atoms with Crippen molar-refractivity contribution in [2.24, 2.45) is 17.6 Å². The predicted octanol–water partition coefficient (Wildman–Crippen LogP) is 3.19. The van der Waals surface area contributed by atoms with E-state index in [1.165, 1.54) is 6.92 Å². The average Bonchev–Trinajstić information content (AvgIpc) is 2.88. The van der Waals surface area contributed by atoms with Gasteiger partial charge in [-0.1, -0.05) is 77.3 Å². The molecule has 208 valence electrons. The van der Waals surface area contributed by atoms with Crippen molar-refractivity contribution in [3.8, 4) is 0 Å². The average molecular weight is 520 g/mol. The fourth-order valence-corrected chi connectivity index (χ4v) is 3.82. The third kappa shape index (κ3) is 11.8. The minimum absolute atomic E-state index is 0.0600. The van der Waals surface area contributed by atoms with Crippen molar-refractivity contribution in [1.82, 2.24) is 10.6 Å². The number of aliphatic carboxylic acids is 1. The van der Waals surface area contributed by atoms with Gasteiger partial charge in [0, 0.05) is 0 Å². The van der Waals surface area contributed by atoms with Crippen LogP contribution < -0.4 is 16.4 Å². The number of carbonyl (C=O) groups excluding carboxylic acids is 3. The maximum Gasteiger partial charge on any atom is 0.325 e. The van der Waals surface area contributed by atoms with Gasteiger partial charge in [0.1, 0.15) is 24.2 Å². The van der Waals surface area contributed by atoms with E-state index in [0.29, 0.717) is 6.42 Å². The van der Waals surface area contributed by atoms with Gasteiger partial charge < -0.3 is 26.2 Å². The molecular weight excluding hydrogens is 474 g/mol. The molecule has 0 bridgehead atoms. The third-order valence-electron chi connectivity index (χ3n) is 6.78. The zero-order chi connectivity index (χ0) is 28.0. The first kappa shape index (κ1) is 32.1. The number of carbonyl (C=O) groups is 4. The van der Waals surface area contributed by atoms with Crippen molar-refractivity contribution < 1.29 is 29.0 Å². The van der Waals surface area contributed by atoms with Crippen LogP contribution in [0.25, 0.3) is 0 Å². The third-order valence-corrected chi connectivity index (χ3v) is 6.78. The lowest BCUT2D eigenvalue weighted by Gasteiger charge is -2.27. The normalized spacial score (nSPS) is 15.9. The van der Waals surface area contributed by atoms with Gasteiger partial charge in [0.15, 0.2) is 0 Å². The van der Waals surface area contributed by atoms with Crippen LogP contribution >= 0.6 is 0 Å². The van der Waals surface area contributed by atoms with E-state index < -0.39 is 48.0 Å². The van der Waals surface area contributed by atoms with Crippen LogP contribution in [0, 0.1) is 11.8 Å². The van der Waals surface area contributed by atoms with Crippen LogP contribution in [0.2, 0.25) is 0 Å². The Kier molecular flexibility index (Phi) is 14.5. The number of nitrogens with one attached hydrogen (secondary N) is 2.